The third kappa shape index (κ3) is 3.53. The minimum atomic E-state index is -0.640. The second-order valence-electron chi connectivity index (χ2n) is 4.83. The highest BCUT2D eigenvalue weighted by Gasteiger charge is 2.12. The molecule has 2 rings (SSSR count). The van der Waals surface area contributed by atoms with Crippen molar-refractivity contribution in [2.75, 3.05) is 5.32 Å². The van der Waals surface area contributed by atoms with Crippen LogP contribution in [0.15, 0.2) is 36.4 Å². The van der Waals surface area contributed by atoms with Gasteiger partial charge in [-0.05, 0) is 43.2 Å². The zero-order valence-electron chi connectivity index (χ0n) is 11.6. The lowest BCUT2D eigenvalue weighted by molar-refractivity contribution is -0.384. The Labute approximate surface area is 120 Å². The Hall–Kier alpha value is -2.50. The third-order valence-electron chi connectivity index (χ3n) is 3.18. The lowest BCUT2D eigenvalue weighted by Gasteiger charge is -2.17. The Morgan fingerprint density at radius 2 is 1.76 bits per heavy atom. The summed E-state index contributed by atoms with van der Waals surface area (Å²) in [5.74, 6) is -1.28. The molecule has 0 saturated heterocycles. The predicted octanol–water partition coefficient (Wildman–Crippen LogP) is 4.35. The van der Waals surface area contributed by atoms with Crippen LogP contribution < -0.4 is 5.32 Å². The minimum Gasteiger partial charge on any atom is -0.378 e. The molecule has 0 aliphatic rings. The van der Waals surface area contributed by atoms with Crippen LogP contribution in [0.3, 0.4) is 0 Å². The minimum absolute atomic E-state index is 0.00232. The Bertz CT molecular complexity index is 669. The molecular formula is C15H14F2N2O2. The summed E-state index contributed by atoms with van der Waals surface area (Å²) in [5.41, 5.74) is 1.83. The highest BCUT2D eigenvalue weighted by molar-refractivity contribution is 5.56. The van der Waals surface area contributed by atoms with Crippen molar-refractivity contribution in [3.8, 4) is 0 Å². The summed E-state index contributed by atoms with van der Waals surface area (Å²) in [6, 6.07) is 7.39. The number of benzene rings is 2. The molecule has 110 valence electrons. The highest BCUT2D eigenvalue weighted by atomic mass is 19.1. The fraction of sp³-hybridized carbons (Fsp3) is 0.200. The summed E-state index contributed by atoms with van der Waals surface area (Å²) in [4.78, 5) is 10.2. The SMILES string of the molecule is Cc1cc([N+](=O)[O-])ccc1NC(C)c1cc(F)cc(F)c1. The zero-order chi connectivity index (χ0) is 15.6. The van der Waals surface area contributed by atoms with Gasteiger partial charge in [-0.2, -0.15) is 0 Å². The first-order valence-electron chi connectivity index (χ1n) is 6.34. The number of nitrogens with zero attached hydrogens (tertiary/aromatic N) is 1. The van der Waals surface area contributed by atoms with E-state index < -0.39 is 16.6 Å². The number of nitro benzene ring substituents is 1. The quantitative estimate of drug-likeness (QED) is 0.673. The van der Waals surface area contributed by atoms with Gasteiger partial charge in [-0.3, -0.25) is 10.1 Å². The maximum absolute atomic E-state index is 13.2. The van der Waals surface area contributed by atoms with Crippen LogP contribution in [0.5, 0.6) is 0 Å². The van der Waals surface area contributed by atoms with Crippen LogP contribution in [0.4, 0.5) is 20.2 Å². The van der Waals surface area contributed by atoms with E-state index in [4.69, 9.17) is 0 Å². The number of anilines is 1. The first-order valence-corrected chi connectivity index (χ1v) is 6.34. The molecule has 0 saturated carbocycles. The van der Waals surface area contributed by atoms with E-state index >= 15 is 0 Å². The van der Waals surface area contributed by atoms with Gasteiger partial charge in [-0.1, -0.05) is 0 Å². The first-order chi connectivity index (χ1) is 9.86. The molecule has 21 heavy (non-hydrogen) atoms. The summed E-state index contributed by atoms with van der Waals surface area (Å²) in [6.07, 6.45) is 0. The molecule has 0 radical (unpaired) electrons. The molecule has 0 amide bonds. The van der Waals surface area contributed by atoms with Gasteiger partial charge < -0.3 is 5.32 Å². The fourth-order valence-electron chi connectivity index (χ4n) is 2.07. The summed E-state index contributed by atoms with van der Waals surface area (Å²) < 4.78 is 26.4. The third-order valence-corrected chi connectivity index (χ3v) is 3.18. The van der Waals surface area contributed by atoms with Crippen molar-refractivity contribution in [1.29, 1.82) is 0 Å². The van der Waals surface area contributed by atoms with Gasteiger partial charge in [0.25, 0.3) is 5.69 Å². The molecule has 0 aliphatic heterocycles. The van der Waals surface area contributed by atoms with Crippen molar-refractivity contribution in [1.82, 2.24) is 0 Å². The van der Waals surface area contributed by atoms with Gasteiger partial charge in [-0.15, -0.1) is 0 Å². The number of non-ortho nitro benzene ring substituents is 1. The van der Waals surface area contributed by atoms with Gasteiger partial charge in [0.15, 0.2) is 0 Å². The van der Waals surface area contributed by atoms with E-state index in [0.29, 0.717) is 16.8 Å². The summed E-state index contributed by atoms with van der Waals surface area (Å²) in [6.45, 7) is 3.49. The van der Waals surface area contributed by atoms with Crippen LogP contribution >= 0.6 is 0 Å². The van der Waals surface area contributed by atoms with E-state index in [-0.39, 0.29) is 11.7 Å². The fourth-order valence-corrected chi connectivity index (χ4v) is 2.07. The lowest BCUT2D eigenvalue weighted by Crippen LogP contribution is -2.08. The Balaban J connectivity index is 2.23. The zero-order valence-corrected chi connectivity index (χ0v) is 11.6. The second kappa shape index (κ2) is 5.87. The number of aryl methyl sites for hydroxylation is 1. The second-order valence-corrected chi connectivity index (χ2v) is 4.83. The molecule has 4 nitrogen and oxygen atoms in total. The maximum Gasteiger partial charge on any atom is 0.269 e. The smallest absolute Gasteiger partial charge is 0.269 e. The maximum atomic E-state index is 13.2. The molecular weight excluding hydrogens is 278 g/mol. The molecule has 0 fully saturated rings. The van der Waals surface area contributed by atoms with E-state index in [1.807, 2.05) is 0 Å². The Morgan fingerprint density at radius 1 is 1.14 bits per heavy atom. The van der Waals surface area contributed by atoms with Crippen LogP contribution in [-0.2, 0) is 0 Å². The van der Waals surface area contributed by atoms with Crippen LogP contribution in [0.25, 0.3) is 0 Å². The largest absolute Gasteiger partial charge is 0.378 e. The normalized spacial score (nSPS) is 12.0. The first kappa shape index (κ1) is 14.9. The van der Waals surface area contributed by atoms with Crippen LogP contribution in [0, 0.1) is 28.7 Å². The van der Waals surface area contributed by atoms with Gasteiger partial charge in [0.1, 0.15) is 11.6 Å². The molecule has 6 heteroatoms. The molecule has 1 atom stereocenters. The van der Waals surface area contributed by atoms with Crippen molar-refractivity contribution < 1.29 is 13.7 Å². The molecule has 2 aromatic carbocycles. The summed E-state index contributed by atoms with van der Waals surface area (Å²) >= 11 is 0. The number of nitrogens with one attached hydrogen (secondary N) is 1. The Morgan fingerprint density at radius 3 is 2.29 bits per heavy atom. The monoisotopic (exact) mass is 292 g/mol. The van der Waals surface area contributed by atoms with E-state index in [9.17, 15) is 18.9 Å². The molecule has 0 aromatic heterocycles. The van der Waals surface area contributed by atoms with Crippen molar-refractivity contribution in [2.45, 2.75) is 19.9 Å². The molecule has 1 unspecified atom stereocenters. The lowest BCUT2D eigenvalue weighted by atomic mass is 10.1. The summed E-state index contributed by atoms with van der Waals surface area (Å²) in [7, 11) is 0. The van der Waals surface area contributed by atoms with Gasteiger partial charge in [0, 0.05) is 29.9 Å². The molecule has 0 heterocycles. The number of hydrogen-bond donors (Lipinski definition) is 1. The predicted molar refractivity (Wildman–Crippen MR) is 76.2 cm³/mol. The van der Waals surface area contributed by atoms with Gasteiger partial charge >= 0.3 is 0 Å². The van der Waals surface area contributed by atoms with E-state index in [0.717, 1.165) is 6.07 Å². The topological polar surface area (TPSA) is 55.2 Å². The number of nitro groups is 1. The molecule has 0 aliphatic carbocycles. The van der Waals surface area contributed by atoms with E-state index in [2.05, 4.69) is 5.32 Å². The Kier molecular flexibility index (Phi) is 4.16. The average molecular weight is 292 g/mol. The molecule has 2 aromatic rings. The van der Waals surface area contributed by atoms with Crippen molar-refractivity contribution in [2.24, 2.45) is 0 Å². The van der Waals surface area contributed by atoms with Gasteiger partial charge in [-0.25, -0.2) is 8.78 Å². The highest BCUT2D eigenvalue weighted by Crippen LogP contribution is 2.26. The van der Waals surface area contributed by atoms with E-state index in [1.165, 1.54) is 24.3 Å². The van der Waals surface area contributed by atoms with Crippen LogP contribution in [0.2, 0.25) is 0 Å². The number of halogens is 2. The van der Waals surface area contributed by atoms with Crippen molar-refractivity contribution in [3.05, 3.63) is 69.3 Å². The molecule has 0 spiro atoms. The standard InChI is InChI=1S/C15H14F2N2O2/c1-9-5-14(19(20)21)3-4-15(9)18-10(2)11-6-12(16)8-13(17)7-11/h3-8,10,18H,1-2H3. The molecule has 1 N–H and O–H groups in total. The summed E-state index contributed by atoms with van der Waals surface area (Å²) in [5, 5.41) is 13.8. The van der Waals surface area contributed by atoms with Crippen molar-refractivity contribution in [3.63, 3.8) is 0 Å². The number of hydrogen-bond acceptors (Lipinski definition) is 3. The van der Waals surface area contributed by atoms with Crippen LogP contribution in [0.1, 0.15) is 24.1 Å². The van der Waals surface area contributed by atoms with Crippen molar-refractivity contribution >= 4 is 11.4 Å². The number of rotatable bonds is 4. The average Bonchev–Trinajstić information content (AvgIpc) is 2.39. The van der Waals surface area contributed by atoms with Gasteiger partial charge in [0.2, 0.25) is 0 Å². The van der Waals surface area contributed by atoms with Gasteiger partial charge in [0.05, 0.1) is 4.92 Å². The van der Waals surface area contributed by atoms with E-state index in [1.54, 1.807) is 19.9 Å². The molecule has 0 bridgehead atoms. The van der Waals surface area contributed by atoms with Crippen LogP contribution in [-0.4, -0.2) is 4.92 Å².